The Balaban J connectivity index is 1.83. The molecule has 0 radical (unpaired) electrons. The molecule has 0 saturated heterocycles. The zero-order valence-electron chi connectivity index (χ0n) is 10.2. The van der Waals surface area contributed by atoms with Gasteiger partial charge in [0.25, 0.3) is 11.8 Å². The summed E-state index contributed by atoms with van der Waals surface area (Å²) in [6.07, 6.45) is 3.25. The van der Waals surface area contributed by atoms with Gasteiger partial charge in [0.2, 0.25) is 0 Å². The molecule has 1 heterocycles. The van der Waals surface area contributed by atoms with Gasteiger partial charge in [0.1, 0.15) is 4.75 Å². The molecular formula is C13H11NO4S. The Labute approximate surface area is 113 Å². The Morgan fingerprint density at radius 2 is 1.74 bits per heavy atom. The third kappa shape index (κ3) is 1.74. The van der Waals surface area contributed by atoms with Gasteiger partial charge in [0, 0.05) is 0 Å². The van der Waals surface area contributed by atoms with Crippen LogP contribution in [0.5, 0.6) is 0 Å². The van der Waals surface area contributed by atoms with E-state index in [9.17, 15) is 14.4 Å². The van der Waals surface area contributed by atoms with Gasteiger partial charge in [0.05, 0.1) is 11.1 Å². The minimum Gasteiger partial charge on any atom is -0.328 e. The lowest BCUT2D eigenvalue weighted by Gasteiger charge is -2.16. The molecule has 0 bridgehead atoms. The molecule has 1 aliphatic heterocycles. The smallest absolute Gasteiger partial charge is 0.328 e. The third-order valence-electron chi connectivity index (χ3n) is 3.40. The van der Waals surface area contributed by atoms with E-state index in [-0.39, 0.29) is 11.1 Å². The maximum Gasteiger partial charge on any atom is 0.349 e. The number of thioether (sulfide) groups is 1. The fourth-order valence-corrected chi connectivity index (χ4v) is 2.74. The number of nitrogens with zero attached hydrogens (tertiary/aromatic N) is 1. The van der Waals surface area contributed by atoms with E-state index < -0.39 is 22.5 Å². The summed E-state index contributed by atoms with van der Waals surface area (Å²) in [5.74, 6) is -1.67. The minimum atomic E-state index is -0.578. The van der Waals surface area contributed by atoms with Crippen LogP contribution in [0.2, 0.25) is 0 Å². The zero-order chi connectivity index (χ0) is 13.6. The van der Waals surface area contributed by atoms with E-state index in [1.807, 2.05) is 6.26 Å². The van der Waals surface area contributed by atoms with E-state index in [4.69, 9.17) is 4.84 Å². The van der Waals surface area contributed by atoms with Crippen molar-refractivity contribution in [2.24, 2.45) is 0 Å². The first kappa shape index (κ1) is 12.2. The molecule has 0 N–H and O–H groups in total. The lowest BCUT2D eigenvalue weighted by molar-refractivity contribution is -0.168. The Hall–Kier alpha value is -1.82. The Kier molecular flexibility index (Phi) is 2.63. The molecule has 0 spiro atoms. The largest absolute Gasteiger partial charge is 0.349 e. The Bertz CT molecular complexity index is 559. The molecule has 1 aromatic rings. The average molecular weight is 277 g/mol. The predicted octanol–water partition coefficient (Wildman–Crippen LogP) is 1.64. The second-order valence-electron chi connectivity index (χ2n) is 4.53. The van der Waals surface area contributed by atoms with Gasteiger partial charge in [-0.15, -0.1) is 11.8 Å². The molecule has 1 aliphatic carbocycles. The van der Waals surface area contributed by atoms with Crippen molar-refractivity contribution in [3.8, 4) is 0 Å². The van der Waals surface area contributed by atoms with E-state index in [0.29, 0.717) is 5.06 Å². The summed E-state index contributed by atoms with van der Waals surface area (Å²) in [6.45, 7) is 0. The Morgan fingerprint density at radius 3 is 2.16 bits per heavy atom. The van der Waals surface area contributed by atoms with Crippen LogP contribution in [0.15, 0.2) is 24.3 Å². The summed E-state index contributed by atoms with van der Waals surface area (Å²) in [5, 5.41) is 0.573. The molecule has 5 nitrogen and oxygen atoms in total. The summed E-state index contributed by atoms with van der Waals surface area (Å²) in [5.41, 5.74) is 0.545. The van der Waals surface area contributed by atoms with Gasteiger partial charge in [-0.2, -0.15) is 0 Å². The number of hydrogen-bond acceptors (Lipinski definition) is 5. The predicted molar refractivity (Wildman–Crippen MR) is 68.5 cm³/mol. The standard InChI is InChI=1S/C13H11NO4S/c1-19-13(6-7-13)12(17)18-14-10(15)8-4-2-3-5-9(8)11(14)16/h2-5H,6-7H2,1H3. The highest BCUT2D eigenvalue weighted by Crippen LogP contribution is 2.48. The Morgan fingerprint density at radius 1 is 1.21 bits per heavy atom. The molecule has 0 aromatic heterocycles. The second kappa shape index (κ2) is 4.09. The van der Waals surface area contributed by atoms with Crippen molar-refractivity contribution >= 4 is 29.5 Å². The fourth-order valence-electron chi connectivity index (χ4n) is 2.02. The molecule has 1 saturated carbocycles. The van der Waals surface area contributed by atoms with Crippen molar-refractivity contribution in [3.63, 3.8) is 0 Å². The lowest BCUT2D eigenvalue weighted by atomic mass is 10.1. The molecular weight excluding hydrogens is 266 g/mol. The quantitative estimate of drug-likeness (QED) is 0.786. The molecule has 0 unspecified atom stereocenters. The van der Waals surface area contributed by atoms with Crippen molar-refractivity contribution in [2.75, 3.05) is 6.26 Å². The van der Waals surface area contributed by atoms with Gasteiger partial charge in [-0.1, -0.05) is 17.2 Å². The molecule has 19 heavy (non-hydrogen) atoms. The number of fused-ring (bicyclic) bond motifs is 1. The molecule has 98 valence electrons. The van der Waals surface area contributed by atoms with Crippen molar-refractivity contribution in [1.82, 2.24) is 5.06 Å². The highest BCUT2D eigenvalue weighted by molar-refractivity contribution is 8.01. The van der Waals surface area contributed by atoms with Gasteiger partial charge < -0.3 is 4.84 Å². The summed E-state index contributed by atoms with van der Waals surface area (Å²) in [6, 6.07) is 6.43. The fraction of sp³-hybridized carbons (Fsp3) is 0.308. The van der Waals surface area contributed by atoms with Gasteiger partial charge in [-0.25, -0.2) is 4.79 Å². The third-order valence-corrected chi connectivity index (χ3v) is 4.75. The molecule has 2 aliphatic rings. The van der Waals surface area contributed by atoms with Gasteiger partial charge in [0.15, 0.2) is 0 Å². The molecule has 2 amide bonds. The van der Waals surface area contributed by atoms with Crippen LogP contribution >= 0.6 is 11.8 Å². The number of rotatable bonds is 3. The van der Waals surface area contributed by atoms with Crippen molar-refractivity contribution in [2.45, 2.75) is 17.6 Å². The molecule has 1 fully saturated rings. The number of amides is 2. The van der Waals surface area contributed by atoms with Crippen LogP contribution in [0, 0.1) is 0 Å². The monoisotopic (exact) mass is 277 g/mol. The van der Waals surface area contributed by atoms with E-state index in [1.165, 1.54) is 11.8 Å². The molecule has 6 heteroatoms. The van der Waals surface area contributed by atoms with Gasteiger partial charge >= 0.3 is 5.97 Å². The first-order valence-electron chi connectivity index (χ1n) is 5.84. The van der Waals surface area contributed by atoms with Crippen molar-refractivity contribution in [1.29, 1.82) is 0 Å². The summed E-state index contributed by atoms with van der Waals surface area (Å²) in [4.78, 5) is 41.0. The van der Waals surface area contributed by atoms with Crippen LogP contribution in [-0.2, 0) is 9.63 Å². The zero-order valence-corrected chi connectivity index (χ0v) is 11.0. The van der Waals surface area contributed by atoms with E-state index in [2.05, 4.69) is 0 Å². The maximum absolute atomic E-state index is 12.0. The van der Waals surface area contributed by atoms with Crippen molar-refractivity contribution in [3.05, 3.63) is 35.4 Å². The molecule has 1 aromatic carbocycles. The summed E-state index contributed by atoms with van der Waals surface area (Å²) < 4.78 is -0.574. The highest BCUT2D eigenvalue weighted by atomic mass is 32.2. The first-order valence-corrected chi connectivity index (χ1v) is 7.07. The number of carbonyl (C=O) groups excluding carboxylic acids is 3. The van der Waals surface area contributed by atoms with Gasteiger partial charge in [-0.05, 0) is 31.2 Å². The normalized spacial score (nSPS) is 19.3. The van der Waals surface area contributed by atoms with E-state index in [0.717, 1.165) is 12.8 Å². The number of carbonyl (C=O) groups is 3. The summed E-state index contributed by atoms with van der Waals surface area (Å²) in [7, 11) is 0. The van der Waals surface area contributed by atoms with Crippen LogP contribution in [-0.4, -0.2) is 33.8 Å². The number of benzene rings is 1. The molecule has 3 rings (SSSR count). The number of hydrogen-bond donors (Lipinski definition) is 0. The highest BCUT2D eigenvalue weighted by Gasteiger charge is 2.53. The van der Waals surface area contributed by atoms with Crippen molar-refractivity contribution < 1.29 is 19.2 Å². The molecule has 0 atom stereocenters. The lowest BCUT2D eigenvalue weighted by Crippen LogP contribution is -2.36. The average Bonchev–Trinajstić information content (AvgIpc) is 3.20. The van der Waals surface area contributed by atoms with E-state index in [1.54, 1.807) is 24.3 Å². The van der Waals surface area contributed by atoms with Gasteiger partial charge in [-0.3, -0.25) is 9.59 Å². The maximum atomic E-state index is 12.0. The number of hydroxylamine groups is 2. The van der Waals surface area contributed by atoms with Crippen LogP contribution < -0.4 is 0 Å². The SMILES string of the molecule is CSC1(C(=O)ON2C(=O)c3ccccc3C2=O)CC1. The minimum absolute atomic E-state index is 0.272. The van der Waals surface area contributed by atoms with E-state index >= 15 is 0 Å². The van der Waals surface area contributed by atoms with Crippen LogP contribution in [0.3, 0.4) is 0 Å². The summed E-state index contributed by atoms with van der Waals surface area (Å²) >= 11 is 1.39. The topological polar surface area (TPSA) is 63.7 Å². The second-order valence-corrected chi connectivity index (χ2v) is 5.72. The van der Waals surface area contributed by atoms with Crippen LogP contribution in [0.1, 0.15) is 33.6 Å². The van der Waals surface area contributed by atoms with Crippen LogP contribution in [0.4, 0.5) is 0 Å². The number of imide groups is 1. The first-order chi connectivity index (χ1) is 9.09. The van der Waals surface area contributed by atoms with Crippen LogP contribution in [0.25, 0.3) is 0 Å².